The topological polar surface area (TPSA) is 89.1 Å². The average molecular weight is 351 g/mol. The second-order valence-electron chi connectivity index (χ2n) is 6.83. The molecule has 1 saturated heterocycles. The maximum atomic E-state index is 12.5. The molecule has 136 valence electrons. The molecule has 0 amide bonds. The number of nitrogens with two attached hydrogens (primary N) is 1. The van der Waals surface area contributed by atoms with Crippen molar-refractivity contribution in [3.05, 3.63) is 65.5 Å². The molecule has 0 saturated carbocycles. The zero-order valence-corrected chi connectivity index (χ0v) is 15.0. The number of unbranched alkanes of at least 4 members (excludes halogenated alkanes) is 1. The molecular formula is C21H25N3O2. The number of pyridine rings is 1. The summed E-state index contributed by atoms with van der Waals surface area (Å²) < 4.78 is 5.56. The smallest absolute Gasteiger partial charge is 0.309 e. The molecule has 3 N–H and O–H groups in total. The van der Waals surface area contributed by atoms with Crippen LogP contribution in [0.2, 0.25) is 0 Å². The summed E-state index contributed by atoms with van der Waals surface area (Å²) in [6, 6.07) is 11.7. The molecule has 3 atom stereocenters. The second kappa shape index (κ2) is 8.13. The molecule has 2 heterocycles. The predicted octanol–water partition coefficient (Wildman–Crippen LogP) is 3.60. The van der Waals surface area contributed by atoms with E-state index in [-0.39, 0.29) is 29.6 Å². The summed E-state index contributed by atoms with van der Waals surface area (Å²) in [5.41, 5.74) is 8.43. The highest BCUT2D eigenvalue weighted by Crippen LogP contribution is 2.44. The van der Waals surface area contributed by atoms with Crippen LogP contribution in [-0.2, 0) is 9.53 Å². The van der Waals surface area contributed by atoms with E-state index in [4.69, 9.17) is 15.9 Å². The number of nitrogen functional groups attached to an aromatic ring is 1. The number of hydrogen-bond acceptors (Lipinski definition) is 4. The van der Waals surface area contributed by atoms with E-state index >= 15 is 0 Å². The summed E-state index contributed by atoms with van der Waals surface area (Å²) in [7, 11) is 0. The Labute approximate surface area is 154 Å². The molecule has 5 heteroatoms. The Bertz CT molecular complexity index is 759. The Morgan fingerprint density at radius 1 is 1.27 bits per heavy atom. The number of aromatic nitrogens is 1. The summed E-state index contributed by atoms with van der Waals surface area (Å²) >= 11 is 0. The van der Waals surface area contributed by atoms with Crippen LogP contribution in [0.15, 0.2) is 48.8 Å². The molecule has 0 aliphatic carbocycles. The lowest BCUT2D eigenvalue weighted by atomic mass is 9.71. The zero-order valence-electron chi connectivity index (χ0n) is 15.0. The lowest BCUT2D eigenvalue weighted by Gasteiger charge is -2.37. The molecule has 0 bridgehead atoms. The quantitative estimate of drug-likeness (QED) is 0.473. The number of esters is 1. The number of rotatable bonds is 6. The van der Waals surface area contributed by atoms with Gasteiger partial charge in [-0.25, -0.2) is 0 Å². The lowest BCUT2D eigenvalue weighted by molar-refractivity contribution is -0.156. The highest BCUT2D eigenvalue weighted by molar-refractivity contribution is 5.94. The number of hydrogen-bond donors (Lipinski definition) is 2. The van der Waals surface area contributed by atoms with Gasteiger partial charge in [-0.3, -0.25) is 15.2 Å². The SMILES string of the molecule is CCCCC1C(=O)OCC(c2ccc(C(=N)N)cc2)C1c1cccnc1. The van der Waals surface area contributed by atoms with Gasteiger partial charge in [-0.2, -0.15) is 0 Å². The Morgan fingerprint density at radius 2 is 2.04 bits per heavy atom. The van der Waals surface area contributed by atoms with Crippen LogP contribution in [0.4, 0.5) is 0 Å². The van der Waals surface area contributed by atoms with Gasteiger partial charge >= 0.3 is 5.97 Å². The van der Waals surface area contributed by atoms with Crippen molar-refractivity contribution in [3.63, 3.8) is 0 Å². The summed E-state index contributed by atoms with van der Waals surface area (Å²) in [5, 5.41) is 7.56. The molecule has 26 heavy (non-hydrogen) atoms. The number of cyclic esters (lactones) is 1. The maximum absolute atomic E-state index is 12.5. The van der Waals surface area contributed by atoms with Crippen molar-refractivity contribution >= 4 is 11.8 Å². The van der Waals surface area contributed by atoms with Crippen molar-refractivity contribution in [3.8, 4) is 0 Å². The van der Waals surface area contributed by atoms with Crippen LogP contribution in [-0.4, -0.2) is 23.4 Å². The molecule has 1 aliphatic heterocycles. The van der Waals surface area contributed by atoms with Crippen LogP contribution < -0.4 is 5.73 Å². The first-order valence-electron chi connectivity index (χ1n) is 9.12. The Morgan fingerprint density at radius 3 is 2.65 bits per heavy atom. The number of nitrogens with one attached hydrogen (secondary N) is 1. The van der Waals surface area contributed by atoms with Gasteiger partial charge in [0, 0.05) is 29.8 Å². The molecule has 5 nitrogen and oxygen atoms in total. The van der Waals surface area contributed by atoms with Crippen molar-refractivity contribution in [2.75, 3.05) is 6.61 Å². The van der Waals surface area contributed by atoms with Crippen LogP contribution in [0.1, 0.15) is 54.7 Å². The van der Waals surface area contributed by atoms with Crippen molar-refractivity contribution in [2.24, 2.45) is 11.7 Å². The normalized spacial score (nSPS) is 22.7. The highest BCUT2D eigenvalue weighted by Gasteiger charge is 2.41. The van der Waals surface area contributed by atoms with E-state index in [1.807, 2.05) is 42.6 Å². The molecule has 3 rings (SSSR count). The molecule has 1 aliphatic rings. The number of amidine groups is 1. The first-order chi connectivity index (χ1) is 12.6. The highest BCUT2D eigenvalue weighted by atomic mass is 16.5. The Kier molecular flexibility index (Phi) is 5.66. The molecule has 3 unspecified atom stereocenters. The fourth-order valence-electron chi connectivity index (χ4n) is 3.78. The van der Waals surface area contributed by atoms with E-state index in [0.29, 0.717) is 12.2 Å². The number of ether oxygens (including phenoxy) is 1. The van der Waals surface area contributed by atoms with Crippen LogP contribution in [0.3, 0.4) is 0 Å². The minimum Gasteiger partial charge on any atom is -0.465 e. The number of nitrogens with zero attached hydrogens (tertiary/aromatic N) is 1. The van der Waals surface area contributed by atoms with Gasteiger partial charge in [0.05, 0.1) is 12.5 Å². The fraction of sp³-hybridized carbons (Fsp3) is 0.381. The third-order valence-electron chi connectivity index (χ3n) is 5.16. The van der Waals surface area contributed by atoms with Gasteiger partial charge < -0.3 is 10.5 Å². The maximum Gasteiger partial charge on any atom is 0.309 e. The van der Waals surface area contributed by atoms with E-state index in [1.54, 1.807) is 6.20 Å². The zero-order chi connectivity index (χ0) is 18.5. The van der Waals surface area contributed by atoms with E-state index in [9.17, 15) is 4.79 Å². The first-order valence-corrected chi connectivity index (χ1v) is 9.12. The lowest BCUT2D eigenvalue weighted by Crippen LogP contribution is -2.37. The monoisotopic (exact) mass is 351 g/mol. The summed E-state index contributed by atoms with van der Waals surface area (Å²) in [6.45, 7) is 2.49. The van der Waals surface area contributed by atoms with Crippen LogP contribution >= 0.6 is 0 Å². The summed E-state index contributed by atoms with van der Waals surface area (Å²) in [5.74, 6) is -0.106. The van der Waals surface area contributed by atoms with Crippen LogP contribution in [0.5, 0.6) is 0 Å². The molecule has 1 fully saturated rings. The Hall–Kier alpha value is -2.69. The third-order valence-corrected chi connectivity index (χ3v) is 5.16. The molecule has 1 aromatic carbocycles. The second-order valence-corrected chi connectivity index (χ2v) is 6.83. The van der Waals surface area contributed by atoms with Crippen molar-refractivity contribution < 1.29 is 9.53 Å². The van der Waals surface area contributed by atoms with Crippen LogP contribution in [0.25, 0.3) is 0 Å². The molecular weight excluding hydrogens is 326 g/mol. The van der Waals surface area contributed by atoms with E-state index in [0.717, 1.165) is 30.4 Å². The summed E-state index contributed by atoms with van der Waals surface area (Å²) in [6.07, 6.45) is 6.46. The third kappa shape index (κ3) is 3.77. The van der Waals surface area contributed by atoms with Crippen molar-refractivity contribution in [1.29, 1.82) is 5.41 Å². The van der Waals surface area contributed by atoms with Gasteiger partial charge in [-0.15, -0.1) is 0 Å². The number of benzene rings is 1. The summed E-state index contributed by atoms with van der Waals surface area (Å²) in [4.78, 5) is 16.8. The van der Waals surface area contributed by atoms with Gasteiger partial charge in [0.2, 0.25) is 0 Å². The van der Waals surface area contributed by atoms with Crippen molar-refractivity contribution in [2.45, 2.75) is 38.0 Å². The average Bonchev–Trinajstić information content (AvgIpc) is 2.67. The van der Waals surface area contributed by atoms with E-state index in [2.05, 4.69) is 11.9 Å². The van der Waals surface area contributed by atoms with Gasteiger partial charge in [0.1, 0.15) is 5.84 Å². The minimum absolute atomic E-state index is 0.0414. The molecule has 2 aromatic rings. The van der Waals surface area contributed by atoms with E-state index < -0.39 is 0 Å². The predicted molar refractivity (Wildman–Crippen MR) is 101 cm³/mol. The van der Waals surface area contributed by atoms with Crippen LogP contribution in [0, 0.1) is 11.3 Å². The van der Waals surface area contributed by atoms with Gasteiger partial charge in [-0.05, 0) is 23.6 Å². The van der Waals surface area contributed by atoms with E-state index in [1.165, 1.54) is 0 Å². The fourth-order valence-corrected chi connectivity index (χ4v) is 3.78. The molecule has 0 spiro atoms. The largest absolute Gasteiger partial charge is 0.465 e. The number of carbonyl (C=O) groups excluding carboxylic acids is 1. The first kappa shape index (κ1) is 18.1. The van der Waals surface area contributed by atoms with Crippen molar-refractivity contribution in [1.82, 2.24) is 4.98 Å². The molecule has 1 aromatic heterocycles. The van der Waals surface area contributed by atoms with Gasteiger partial charge in [0.15, 0.2) is 0 Å². The molecule has 0 radical (unpaired) electrons. The minimum atomic E-state index is -0.162. The van der Waals surface area contributed by atoms with Gasteiger partial charge in [0.25, 0.3) is 0 Å². The standard InChI is InChI=1S/C21H25N3O2/c1-2-3-6-17-19(16-5-4-11-24-12-16)18(13-26-21(17)25)14-7-9-15(10-8-14)20(22)23/h4-5,7-12,17-19H,2-3,6,13H2,1H3,(H3,22,23). The number of carbonyl (C=O) groups is 1. The Balaban J connectivity index is 1.98. The van der Waals surface area contributed by atoms with Gasteiger partial charge in [-0.1, -0.05) is 50.1 Å².